The van der Waals surface area contributed by atoms with Crippen LogP contribution in [0.1, 0.15) is 25.8 Å². The highest BCUT2D eigenvalue weighted by Crippen LogP contribution is 2.57. The molecule has 1 saturated heterocycles. The van der Waals surface area contributed by atoms with Gasteiger partial charge < -0.3 is 15.0 Å². The average Bonchev–Trinajstić information content (AvgIpc) is 2.97. The van der Waals surface area contributed by atoms with Gasteiger partial charge >= 0.3 is 0 Å². The van der Waals surface area contributed by atoms with Crippen LogP contribution in [0.2, 0.25) is 0 Å². The van der Waals surface area contributed by atoms with Crippen LogP contribution in [-0.2, 0) is 6.42 Å². The maximum absolute atomic E-state index is 5.29. The van der Waals surface area contributed by atoms with Gasteiger partial charge in [-0.2, -0.15) is 0 Å². The Kier molecular flexibility index (Phi) is 6.81. The fourth-order valence-corrected chi connectivity index (χ4v) is 7.13. The molecule has 0 radical (unpaired) electrons. The van der Waals surface area contributed by atoms with Gasteiger partial charge in [0.15, 0.2) is 0 Å². The summed E-state index contributed by atoms with van der Waals surface area (Å²) in [6.45, 7) is 7.34. The number of ether oxygens (including phenoxy) is 1. The fourth-order valence-electron chi connectivity index (χ4n) is 4.47. The molecule has 5 rings (SSSR count). The van der Waals surface area contributed by atoms with Crippen molar-refractivity contribution in [2.24, 2.45) is 10.9 Å². The molecule has 1 fully saturated rings. The van der Waals surface area contributed by atoms with Crippen molar-refractivity contribution in [2.45, 2.75) is 37.6 Å². The molecule has 1 aromatic rings. The number of benzene rings is 1. The zero-order valence-electron chi connectivity index (χ0n) is 19.4. The van der Waals surface area contributed by atoms with Crippen molar-refractivity contribution in [3.05, 3.63) is 54.2 Å². The molecule has 1 N–H and O–H groups in total. The second-order valence-corrected chi connectivity index (χ2v) is 11.0. The fraction of sp³-hybridized carbons (Fsp3) is 0.385. The molecule has 3 heterocycles. The van der Waals surface area contributed by atoms with Gasteiger partial charge in [-0.15, -0.1) is 0 Å². The number of anilines is 1. The molecule has 3 aliphatic heterocycles. The molecule has 7 heteroatoms. The Labute approximate surface area is 204 Å². The van der Waals surface area contributed by atoms with Gasteiger partial charge in [-0.25, -0.2) is 4.99 Å². The number of rotatable bonds is 6. The Hall–Kier alpha value is -2.22. The number of aliphatic imine (C=N–C) groups is 1. The van der Waals surface area contributed by atoms with Gasteiger partial charge in [0.25, 0.3) is 0 Å². The average molecular weight is 479 g/mol. The van der Waals surface area contributed by atoms with E-state index in [0.29, 0.717) is 12.0 Å². The maximum Gasteiger partial charge on any atom is 0.118 e. The molecule has 0 saturated carbocycles. The van der Waals surface area contributed by atoms with Gasteiger partial charge in [-0.05, 0) is 58.2 Å². The van der Waals surface area contributed by atoms with Gasteiger partial charge in [0, 0.05) is 43.4 Å². The number of nitrogens with one attached hydrogen (secondary N) is 1. The first-order valence-corrected chi connectivity index (χ1v) is 13.7. The highest BCUT2D eigenvalue weighted by atomic mass is 33.1. The number of piperazine rings is 1. The van der Waals surface area contributed by atoms with E-state index in [4.69, 9.17) is 14.7 Å². The third kappa shape index (κ3) is 4.72. The quantitative estimate of drug-likeness (QED) is 0.436. The summed E-state index contributed by atoms with van der Waals surface area (Å²) in [6.07, 6.45) is 4.05. The van der Waals surface area contributed by atoms with Crippen molar-refractivity contribution in [3.63, 3.8) is 0 Å². The van der Waals surface area contributed by atoms with E-state index in [-0.39, 0.29) is 0 Å². The van der Waals surface area contributed by atoms with Gasteiger partial charge in [0.2, 0.25) is 0 Å². The zero-order valence-corrected chi connectivity index (χ0v) is 21.0. The van der Waals surface area contributed by atoms with Crippen molar-refractivity contribution in [2.75, 3.05) is 31.6 Å². The largest absolute Gasteiger partial charge is 0.497 e. The Morgan fingerprint density at radius 1 is 1.15 bits per heavy atom. The Bertz CT molecular complexity index is 1120. The summed E-state index contributed by atoms with van der Waals surface area (Å²) in [7, 11) is 5.34. The first kappa shape index (κ1) is 22.6. The summed E-state index contributed by atoms with van der Waals surface area (Å²) in [6, 6.07) is 15.1. The molecule has 0 amide bonds. The van der Waals surface area contributed by atoms with E-state index in [1.807, 2.05) is 35.2 Å². The Morgan fingerprint density at radius 3 is 2.79 bits per heavy atom. The molecule has 4 aliphatic rings. The number of hydrogen-bond donors (Lipinski definition) is 1. The summed E-state index contributed by atoms with van der Waals surface area (Å²) in [4.78, 5) is 13.8. The van der Waals surface area contributed by atoms with E-state index < -0.39 is 0 Å². The van der Waals surface area contributed by atoms with Crippen molar-refractivity contribution >= 4 is 38.0 Å². The zero-order chi connectivity index (χ0) is 22.8. The third-order valence-corrected chi connectivity index (χ3v) is 8.92. The van der Waals surface area contributed by atoms with Gasteiger partial charge in [-0.1, -0.05) is 38.1 Å². The monoisotopic (exact) mass is 478 g/mol. The van der Waals surface area contributed by atoms with Crippen LogP contribution in [0, 0.1) is 5.92 Å². The van der Waals surface area contributed by atoms with Crippen LogP contribution in [0.25, 0.3) is 11.3 Å². The second-order valence-electron chi connectivity index (χ2n) is 8.87. The summed E-state index contributed by atoms with van der Waals surface area (Å²) >= 11 is 0. The maximum atomic E-state index is 5.29. The van der Waals surface area contributed by atoms with E-state index >= 15 is 0 Å². The molecular weight excluding hydrogens is 448 g/mol. The van der Waals surface area contributed by atoms with Crippen molar-refractivity contribution < 1.29 is 4.74 Å². The number of aryl methyl sites for hydroxylation is 1. The predicted octanol–water partition coefficient (Wildman–Crippen LogP) is 6.05. The highest BCUT2D eigenvalue weighted by Gasteiger charge is 2.33. The minimum Gasteiger partial charge on any atom is -0.497 e. The van der Waals surface area contributed by atoms with E-state index in [2.05, 4.69) is 48.3 Å². The minimum absolute atomic E-state index is 0.422. The summed E-state index contributed by atoms with van der Waals surface area (Å²) in [5, 5.41) is 4.93. The minimum atomic E-state index is 0.422. The summed E-state index contributed by atoms with van der Waals surface area (Å²) in [5.74, 6) is 1.33. The number of methoxy groups -OCH3 is 1. The lowest BCUT2D eigenvalue weighted by Crippen LogP contribution is -2.51. The number of aromatic nitrogens is 1. The Morgan fingerprint density at radius 2 is 2.00 bits per heavy atom. The van der Waals surface area contributed by atoms with Crippen LogP contribution in [0.4, 0.5) is 11.4 Å². The third-order valence-electron chi connectivity index (χ3n) is 6.27. The normalized spacial score (nSPS) is 18.4. The van der Waals surface area contributed by atoms with Crippen LogP contribution < -0.4 is 15.0 Å². The SMILES string of the molecule is COc1ccc(CCC2CN(c3c4nccccc-4c4c3N=C(C(C)C)SS4)CCN2)cc1. The Balaban J connectivity index is 1.41. The standard InChI is InChI=1S/C26H30N4OS2/c1-17(2)26-29-23-24(22-21(25(23)32-33-26)6-4-5-13-28-22)30-15-14-27-19(16-30)10-7-18-8-11-20(31-3)12-9-18/h4-6,8-9,11-13,17,19,27H,7,10,14-16H2,1-3H3. The van der Waals surface area contributed by atoms with Gasteiger partial charge in [0.05, 0.1) is 28.4 Å². The first-order valence-electron chi connectivity index (χ1n) is 11.6. The predicted molar refractivity (Wildman–Crippen MR) is 142 cm³/mol. The molecule has 1 aromatic carbocycles. The molecule has 1 unspecified atom stereocenters. The van der Waals surface area contributed by atoms with Crippen molar-refractivity contribution in [3.8, 4) is 17.0 Å². The van der Waals surface area contributed by atoms with Crippen LogP contribution in [0.3, 0.4) is 0 Å². The van der Waals surface area contributed by atoms with Crippen LogP contribution >= 0.6 is 21.6 Å². The molecule has 172 valence electrons. The van der Waals surface area contributed by atoms with Crippen LogP contribution in [-0.4, -0.2) is 42.8 Å². The molecule has 1 atom stereocenters. The lowest BCUT2D eigenvalue weighted by molar-refractivity contribution is 0.414. The smallest absolute Gasteiger partial charge is 0.118 e. The van der Waals surface area contributed by atoms with E-state index in [0.717, 1.165) is 49.6 Å². The number of fused-ring (bicyclic) bond motifs is 3. The molecule has 0 bridgehead atoms. The molecule has 33 heavy (non-hydrogen) atoms. The highest BCUT2D eigenvalue weighted by molar-refractivity contribution is 8.82. The number of hydrogen-bond acceptors (Lipinski definition) is 7. The van der Waals surface area contributed by atoms with Crippen molar-refractivity contribution in [1.82, 2.24) is 10.3 Å². The molecule has 0 aromatic heterocycles. The first-order chi connectivity index (χ1) is 16.1. The molecule has 1 aliphatic carbocycles. The number of nitrogens with zero attached hydrogens (tertiary/aromatic N) is 3. The van der Waals surface area contributed by atoms with E-state index in [1.54, 1.807) is 17.9 Å². The lowest BCUT2D eigenvalue weighted by atomic mass is 10.0. The van der Waals surface area contributed by atoms with Crippen LogP contribution in [0.15, 0.2) is 58.5 Å². The van der Waals surface area contributed by atoms with Gasteiger partial charge in [0.1, 0.15) is 11.4 Å². The van der Waals surface area contributed by atoms with E-state index in [9.17, 15) is 0 Å². The molecular formula is C26H30N4OS2. The van der Waals surface area contributed by atoms with Crippen LogP contribution in [0.5, 0.6) is 5.75 Å². The molecule has 0 spiro atoms. The van der Waals surface area contributed by atoms with Gasteiger partial charge in [-0.3, -0.25) is 4.98 Å². The lowest BCUT2D eigenvalue weighted by Gasteiger charge is -2.36. The van der Waals surface area contributed by atoms with E-state index in [1.165, 1.54) is 26.8 Å². The van der Waals surface area contributed by atoms with Crippen molar-refractivity contribution in [1.29, 1.82) is 0 Å². The summed E-state index contributed by atoms with van der Waals surface area (Å²) < 4.78 is 5.29. The summed E-state index contributed by atoms with van der Waals surface area (Å²) in [5.41, 5.74) is 5.95. The topological polar surface area (TPSA) is 49.8 Å². The molecule has 5 nitrogen and oxygen atoms in total. The second kappa shape index (κ2) is 9.95.